The van der Waals surface area contributed by atoms with E-state index in [1.807, 2.05) is 36.4 Å². The lowest BCUT2D eigenvalue weighted by molar-refractivity contribution is 0.267. The third-order valence-electron chi connectivity index (χ3n) is 4.20. The van der Waals surface area contributed by atoms with Crippen LogP contribution in [0.3, 0.4) is 0 Å². The molecule has 3 heteroatoms. The van der Waals surface area contributed by atoms with Crippen molar-refractivity contribution in [3.05, 3.63) is 60.0 Å². The highest BCUT2D eigenvalue weighted by Crippen LogP contribution is 2.29. The first-order valence-corrected chi connectivity index (χ1v) is 7.66. The Hall–Kier alpha value is -2.29. The van der Waals surface area contributed by atoms with Crippen LogP contribution in [-0.2, 0) is 12.0 Å². The number of fused-ring (bicyclic) bond motifs is 1. The van der Waals surface area contributed by atoms with Gasteiger partial charge in [0.2, 0.25) is 5.89 Å². The summed E-state index contributed by atoms with van der Waals surface area (Å²) in [6.45, 7) is 7.03. The zero-order valence-corrected chi connectivity index (χ0v) is 13.3. The lowest BCUT2D eigenvalue weighted by Gasteiger charge is -2.22. The van der Waals surface area contributed by atoms with E-state index < -0.39 is 0 Å². The van der Waals surface area contributed by atoms with Crippen molar-refractivity contribution >= 4 is 11.1 Å². The first-order valence-electron chi connectivity index (χ1n) is 7.66. The van der Waals surface area contributed by atoms with Gasteiger partial charge in [0.05, 0.1) is 0 Å². The molecule has 0 saturated heterocycles. The van der Waals surface area contributed by atoms with Gasteiger partial charge in [-0.3, -0.25) is 0 Å². The van der Waals surface area contributed by atoms with E-state index in [2.05, 4.69) is 37.9 Å². The fraction of sp³-hybridized carbons (Fsp3) is 0.316. The molecular formula is C19H21NO2. The number of benzene rings is 2. The summed E-state index contributed by atoms with van der Waals surface area (Å²) in [6.07, 6.45) is 1.08. The van der Waals surface area contributed by atoms with Gasteiger partial charge in [-0.15, -0.1) is 0 Å². The molecule has 1 heterocycles. The SMILES string of the molecule is CCC(C)(C)c1ccc2oc(COc3ccccc3)nc2c1. The van der Waals surface area contributed by atoms with Crippen LogP contribution in [0.5, 0.6) is 5.75 Å². The summed E-state index contributed by atoms with van der Waals surface area (Å²) in [5.74, 6) is 1.42. The van der Waals surface area contributed by atoms with Crippen LogP contribution in [0, 0.1) is 0 Å². The molecule has 0 amide bonds. The molecule has 0 saturated carbocycles. The number of para-hydroxylation sites is 1. The van der Waals surface area contributed by atoms with Crippen molar-refractivity contribution in [2.45, 2.75) is 39.2 Å². The third-order valence-corrected chi connectivity index (χ3v) is 4.20. The molecule has 0 bridgehead atoms. The minimum absolute atomic E-state index is 0.147. The highest BCUT2D eigenvalue weighted by molar-refractivity contribution is 5.73. The van der Waals surface area contributed by atoms with Crippen molar-refractivity contribution in [3.63, 3.8) is 0 Å². The van der Waals surface area contributed by atoms with Crippen molar-refractivity contribution < 1.29 is 9.15 Å². The summed E-state index contributed by atoms with van der Waals surface area (Å²) in [5.41, 5.74) is 3.13. The minimum Gasteiger partial charge on any atom is -0.484 e. The average molecular weight is 295 g/mol. The Morgan fingerprint density at radius 3 is 2.59 bits per heavy atom. The molecule has 2 aromatic carbocycles. The van der Waals surface area contributed by atoms with Gasteiger partial charge in [0.25, 0.3) is 0 Å². The molecule has 3 nitrogen and oxygen atoms in total. The van der Waals surface area contributed by atoms with Gasteiger partial charge in [0.1, 0.15) is 11.3 Å². The van der Waals surface area contributed by atoms with Crippen LogP contribution in [0.15, 0.2) is 52.9 Å². The van der Waals surface area contributed by atoms with Gasteiger partial charge in [-0.25, -0.2) is 4.98 Å². The van der Waals surface area contributed by atoms with Crippen molar-refractivity contribution in [1.29, 1.82) is 0 Å². The Balaban J connectivity index is 1.81. The number of hydrogen-bond donors (Lipinski definition) is 0. The zero-order chi connectivity index (χ0) is 15.6. The Morgan fingerprint density at radius 1 is 1.09 bits per heavy atom. The van der Waals surface area contributed by atoms with Crippen LogP contribution in [0.1, 0.15) is 38.6 Å². The van der Waals surface area contributed by atoms with E-state index in [0.717, 1.165) is 23.3 Å². The minimum atomic E-state index is 0.147. The first kappa shape index (κ1) is 14.6. The molecule has 0 spiro atoms. The largest absolute Gasteiger partial charge is 0.484 e. The summed E-state index contributed by atoms with van der Waals surface area (Å²) in [5, 5.41) is 0. The predicted molar refractivity (Wildman–Crippen MR) is 88.1 cm³/mol. The smallest absolute Gasteiger partial charge is 0.233 e. The molecule has 0 aliphatic heterocycles. The lowest BCUT2D eigenvalue weighted by Crippen LogP contribution is -2.14. The number of rotatable bonds is 5. The molecule has 1 aromatic heterocycles. The molecule has 0 N–H and O–H groups in total. The van der Waals surface area contributed by atoms with Crippen LogP contribution in [0.2, 0.25) is 0 Å². The maximum Gasteiger partial charge on any atom is 0.233 e. The molecule has 114 valence electrons. The topological polar surface area (TPSA) is 35.3 Å². The number of oxazole rings is 1. The van der Waals surface area contributed by atoms with Crippen LogP contribution < -0.4 is 4.74 Å². The van der Waals surface area contributed by atoms with Gasteiger partial charge in [0, 0.05) is 0 Å². The average Bonchev–Trinajstić information content (AvgIpc) is 2.96. The zero-order valence-electron chi connectivity index (χ0n) is 13.3. The summed E-state index contributed by atoms with van der Waals surface area (Å²) in [6, 6.07) is 15.9. The van der Waals surface area contributed by atoms with Crippen LogP contribution in [-0.4, -0.2) is 4.98 Å². The van der Waals surface area contributed by atoms with Crippen LogP contribution >= 0.6 is 0 Å². The van der Waals surface area contributed by atoms with E-state index >= 15 is 0 Å². The first-order chi connectivity index (χ1) is 10.6. The second kappa shape index (κ2) is 5.84. The second-order valence-electron chi connectivity index (χ2n) is 6.13. The predicted octanol–water partition coefficient (Wildman–Crippen LogP) is 5.09. The van der Waals surface area contributed by atoms with Gasteiger partial charge in [-0.05, 0) is 41.7 Å². The number of ether oxygens (including phenoxy) is 1. The Bertz CT molecular complexity index is 759. The fourth-order valence-electron chi connectivity index (χ4n) is 2.32. The Kier molecular flexibility index (Phi) is 3.88. The number of nitrogens with zero attached hydrogens (tertiary/aromatic N) is 1. The van der Waals surface area contributed by atoms with E-state index in [9.17, 15) is 0 Å². The molecule has 0 aliphatic carbocycles. The number of hydrogen-bond acceptors (Lipinski definition) is 3. The monoisotopic (exact) mass is 295 g/mol. The van der Waals surface area contributed by atoms with Crippen molar-refractivity contribution in [1.82, 2.24) is 4.98 Å². The molecule has 0 atom stereocenters. The quantitative estimate of drug-likeness (QED) is 0.657. The molecule has 0 unspecified atom stereocenters. The fourth-order valence-corrected chi connectivity index (χ4v) is 2.32. The molecular weight excluding hydrogens is 274 g/mol. The molecule has 0 radical (unpaired) electrons. The summed E-state index contributed by atoms with van der Waals surface area (Å²) >= 11 is 0. The number of aromatic nitrogens is 1. The van der Waals surface area contributed by atoms with Crippen LogP contribution in [0.4, 0.5) is 0 Å². The van der Waals surface area contributed by atoms with Crippen molar-refractivity contribution in [2.75, 3.05) is 0 Å². The van der Waals surface area contributed by atoms with E-state index in [1.54, 1.807) is 0 Å². The highest BCUT2D eigenvalue weighted by Gasteiger charge is 2.19. The highest BCUT2D eigenvalue weighted by atomic mass is 16.5. The molecule has 22 heavy (non-hydrogen) atoms. The molecule has 3 rings (SSSR count). The summed E-state index contributed by atoms with van der Waals surface area (Å²) in [4.78, 5) is 4.54. The maximum atomic E-state index is 5.75. The van der Waals surface area contributed by atoms with Gasteiger partial charge >= 0.3 is 0 Å². The Labute approximate surface area is 130 Å². The maximum absolute atomic E-state index is 5.75. The molecule has 3 aromatic rings. The second-order valence-corrected chi connectivity index (χ2v) is 6.13. The third kappa shape index (κ3) is 2.98. The standard InChI is InChI=1S/C19H21NO2/c1-4-19(2,3)14-10-11-17-16(12-14)20-18(22-17)13-21-15-8-6-5-7-9-15/h5-12H,4,13H2,1-3H3. The van der Waals surface area contributed by atoms with E-state index in [4.69, 9.17) is 9.15 Å². The lowest BCUT2D eigenvalue weighted by atomic mass is 9.82. The van der Waals surface area contributed by atoms with Gasteiger partial charge < -0.3 is 9.15 Å². The Morgan fingerprint density at radius 2 is 1.86 bits per heavy atom. The van der Waals surface area contributed by atoms with E-state index in [-0.39, 0.29) is 5.41 Å². The summed E-state index contributed by atoms with van der Waals surface area (Å²) in [7, 11) is 0. The van der Waals surface area contributed by atoms with Gasteiger partial charge in [-0.1, -0.05) is 45.0 Å². The van der Waals surface area contributed by atoms with Gasteiger partial charge in [0.15, 0.2) is 12.2 Å². The van der Waals surface area contributed by atoms with Gasteiger partial charge in [-0.2, -0.15) is 0 Å². The summed E-state index contributed by atoms with van der Waals surface area (Å²) < 4.78 is 11.4. The van der Waals surface area contributed by atoms with Crippen LogP contribution in [0.25, 0.3) is 11.1 Å². The molecule has 0 fully saturated rings. The normalized spacial score (nSPS) is 11.8. The van der Waals surface area contributed by atoms with E-state index in [1.165, 1.54) is 5.56 Å². The van der Waals surface area contributed by atoms with E-state index in [0.29, 0.717) is 12.5 Å². The molecule has 0 aliphatic rings. The van der Waals surface area contributed by atoms with Crippen molar-refractivity contribution in [3.8, 4) is 5.75 Å². The van der Waals surface area contributed by atoms with Crippen molar-refractivity contribution in [2.24, 2.45) is 0 Å².